The average molecular weight is 127 g/mol. The summed E-state index contributed by atoms with van der Waals surface area (Å²) in [7, 11) is 0. The molecule has 0 radical (unpaired) electrons. The van der Waals surface area contributed by atoms with Crippen LogP contribution in [0.5, 0.6) is 0 Å². The molecule has 0 aromatic heterocycles. The van der Waals surface area contributed by atoms with Crippen LogP contribution in [0.15, 0.2) is 0 Å². The minimum absolute atomic E-state index is 0. The van der Waals surface area contributed by atoms with Crippen LogP contribution in [0.3, 0.4) is 0 Å². The second-order valence-electron chi connectivity index (χ2n) is 0.101. The molecule has 0 aliphatic heterocycles. The molecule has 0 heterocycles. The molecule has 0 spiro atoms. The maximum absolute atomic E-state index is 4.76. The molecule has 5 heavy (non-hydrogen) atoms. The molecule has 0 bridgehead atoms. The van der Waals surface area contributed by atoms with Crippen molar-refractivity contribution in [2.45, 2.75) is 0 Å². The van der Waals surface area contributed by atoms with E-state index in [0.29, 0.717) is 0 Å². The molecule has 0 amide bonds. The van der Waals surface area contributed by atoms with E-state index in [4.69, 9.17) is 23.2 Å². The number of halogens is 2. The number of rotatable bonds is 0. The van der Waals surface area contributed by atoms with Crippen LogP contribution < -0.4 is 29.6 Å². The molecule has 1 nitrogen and oxygen atoms in total. The van der Waals surface area contributed by atoms with Crippen molar-refractivity contribution >= 4 is 23.2 Å². The van der Waals surface area contributed by atoms with Crippen molar-refractivity contribution in [1.29, 1.82) is 0 Å². The van der Waals surface area contributed by atoms with Crippen LogP contribution in [0.25, 0.3) is 0 Å². The van der Waals surface area contributed by atoms with Crippen molar-refractivity contribution in [3.63, 3.8) is 0 Å². The first kappa shape index (κ1) is 16.0. The molecule has 2 N–H and O–H groups in total. The average Bonchev–Trinajstić information content (AvgIpc) is 0.918. The molecule has 30 valence electrons. The topological polar surface area (TPSA) is 31.5 Å². The Bertz CT molecular complexity index is 13.5. The summed E-state index contributed by atoms with van der Waals surface area (Å²) in [6.45, 7) is 0. The van der Waals surface area contributed by atoms with Gasteiger partial charge < -0.3 is 6.90 Å². The molecule has 0 aromatic rings. The van der Waals surface area contributed by atoms with Gasteiger partial charge in [0.1, 0.15) is 0 Å². The van der Waals surface area contributed by atoms with E-state index in [1.807, 2.05) is 0 Å². The molecule has 0 aliphatic rings. The Hall–Kier alpha value is 1.54. The summed E-state index contributed by atoms with van der Waals surface area (Å²) in [5.41, 5.74) is 0. The van der Waals surface area contributed by atoms with Gasteiger partial charge in [-0.3, -0.25) is 0 Å². The third kappa shape index (κ3) is 29.3. The van der Waals surface area contributed by atoms with Gasteiger partial charge in [-0.25, -0.2) is 0 Å². The van der Waals surface area contributed by atoms with Crippen molar-refractivity contribution in [3.05, 3.63) is 0 Å². The van der Waals surface area contributed by atoms with Crippen LogP contribution in [0.4, 0.5) is 0 Å². The summed E-state index contributed by atoms with van der Waals surface area (Å²) in [4.78, 5) is 0. The zero-order chi connectivity index (χ0) is 2.71. The maximum Gasteiger partial charge on any atom is 1.00 e. The van der Waals surface area contributed by atoms with E-state index >= 15 is 0 Å². The van der Waals surface area contributed by atoms with E-state index in [1.54, 1.807) is 0 Å². The molecule has 0 saturated carbocycles. The Kier molecular flexibility index (Phi) is 56.7. The van der Waals surface area contributed by atoms with Crippen LogP contribution in [0.2, 0.25) is 0 Å². The van der Waals surface area contributed by atoms with Crippen LogP contribution in [-0.2, 0) is 0 Å². The molecular weight excluding hydrogens is 122 g/mol. The quantitative estimate of drug-likeness (QED) is 0.259. The van der Waals surface area contributed by atoms with E-state index in [2.05, 4.69) is 0 Å². The van der Waals surface area contributed by atoms with Crippen molar-refractivity contribution < 1.29 is 36.5 Å². The van der Waals surface area contributed by atoms with Crippen molar-refractivity contribution in [1.82, 2.24) is 0 Å². The smallest absolute Gasteiger partial charge is 1.00 e. The second-order valence-corrected chi connectivity index (χ2v) is 0.909. The summed E-state index contributed by atoms with van der Waals surface area (Å²) in [6.07, 6.45) is 0. The molecule has 0 atom stereocenters. The van der Waals surface area contributed by atoms with E-state index < -0.39 is 0 Å². The van der Waals surface area contributed by atoms with Gasteiger partial charge in [0, 0.05) is 0 Å². The largest absolute Gasteiger partial charge is 1.00 e. The fraction of sp³-hybridized carbons (Fsp3) is 1.00. The van der Waals surface area contributed by atoms with Gasteiger partial charge in [0.2, 0.25) is 0 Å². The van der Waals surface area contributed by atoms with Gasteiger partial charge >= 0.3 is 29.6 Å². The fourth-order valence-corrected chi connectivity index (χ4v) is 0. The first-order valence-electron chi connectivity index (χ1n) is 0.535. The zero-order valence-electron chi connectivity index (χ0n) is 3.96. The van der Waals surface area contributed by atoms with Crippen LogP contribution in [0, 0.1) is 0 Å². The Morgan fingerprint density at radius 3 is 1.40 bits per heavy atom. The molecule has 0 saturated heterocycles. The summed E-state index contributed by atoms with van der Waals surface area (Å²) < 4.78 is 0. The third-order valence-electron chi connectivity index (χ3n) is 0. The summed E-state index contributed by atoms with van der Waals surface area (Å²) in [5, 5.41) is 0.194. The van der Waals surface area contributed by atoms with Gasteiger partial charge in [-0.05, 0) is 0 Å². The van der Waals surface area contributed by atoms with E-state index in [9.17, 15) is 0 Å². The van der Waals surface area contributed by atoms with E-state index in [1.165, 1.54) is 0 Å². The third-order valence-corrected chi connectivity index (χ3v) is 0. The fourth-order valence-electron chi connectivity index (χ4n) is 0. The van der Waals surface area contributed by atoms with Gasteiger partial charge in [-0.2, -0.15) is 0 Å². The Morgan fingerprint density at radius 2 is 1.40 bits per heavy atom. The number of alkyl halides is 2. The van der Waals surface area contributed by atoms with Crippen molar-refractivity contribution in [3.8, 4) is 0 Å². The van der Waals surface area contributed by atoms with Gasteiger partial charge in [0.05, 0.1) is 5.34 Å². The predicted octanol–water partition coefficient (Wildman–Crippen LogP) is -2.29. The molecule has 0 unspecified atom stereocenters. The Balaban J connectivity index is -0.00000000667. The molecule has 0 aliphatic carbocycles. The van der Waals surface area contributed by atoms with Gasteiger partial charge in [0.25, 0.3) is 0 Å². The van der Waals surface area contributed by atoms with Crippen molar-refractivity contribution in [2.24, 2.45) is 0 Å². The van der Waals surface area contributed by atoms with Gasteiger partial charge in [-0.1, -0.05) is 0 Å². The monoisotopic (exact) mass is 126 g/mol. The van der Waals surface area contributed by atoms with E-state index in [0.717, 1.165) is 0 Å². The zero-order valence-corrected chi connectivity index (χ0v) is 6.47. The second kappa shape index (κ2) is 17.7. The van der Waals surface area contributed by atoms with Gasteiger partial charge in [0.15, 0.2) is 0 Å². The Morgan fingerprint density at radius 1 is 1.40 bits per heavy atom. The number of hydrogen-bond donors (Lipinski definition) is 0. The minimum Gasteiger partial charge on any atom is -1.00 e. The first-order valence-corrected chi connectivity index (χ1v) is 1.60. The SMILES string of the molecule is ClCCl.O.[H-].[Na+]. The van der Waals surface area contributed by atoms with Gasteiger partial charge in [-0.15, -0.1) is 23.2 Å². The summed E-state index contributed by atoms with van der Waals surface area (Å²) in [5.74, 6) is 0. The maximum atomic E-state index is 4.76. The normalized spacial score (nSPS) is 3.60. The molecule has 0 rings (SSSR count). The van der Waals surface area contributed by atoms with E-state index in [-0.39, 0.29) is 41.8 Å². The molecule has 4 heteroatoms. The summed E-state index contributed by atoms with van der Waals surface area (Å²) >= 11 is 9.53. The predicted molar refractivity (Wildman–Crippen MR) is 21.3 cm³/mol. The Labute approximate surface area is 64.7 Å². The van der Waals surface area contributed by atoms with Crippen LogP contribution in [-0.4, -0.2) is 10.8 Å². The minimum atomic E-state index is 0. The molecule has 0 fully saturated rings. The number of hydrogen-bond acceptors (Lipinski definition) is 0. The molecular formula is CH5Cl2NaO. The summed E-state index contributed by atoms with van der Waals surface area (Å²) in [6, 6.07) is 0. The van der Waals surface area contributed by atoms with Crippen LogP contribution in [0.1, 0.15) is 1.43 Å². The first-order chi connectivity index (χ1) is 1.41. The molecule has 0 aromatic carbocycles. The van der Waals surface area contributed by atoms with Crippen LogP contribution >= 0.6 is 23.2 Å². The van der Waals surface area contributed by atoms with Crippen molar-refractivity contribution in [2.75, 3.05) is 5.34 Å². The standard InChI is InChI=1S/CH2Cl2.Na.H2O.H/c2-1-3;;;/h1H2;;1H2;/q;+1;;-1.